The van der Waals surface area contributed by atoms with E-state index in [4.69, 9.17) is 21.3 Å². The third kappa shape index (κ3) is 5.74. The number of hydrogen-bond donors (Lipinski definition) is 1. The summed E-state index contributed by atoms with van der Waals surface area (Å²) in [6.07, 6.45) is 1.86. The van der Waals surface area contributed by atoms with E-state index in [1.54, 1.807) is 24.3 Å². The minimum absolute atomic E-state index is 0.171. The molecule has 1 unspecified atom stereocenters. The van der Waals surface area contributed by atoms with Gasteiger partial charge in [-0.05, 0) is 74.7 Å². The van der Waals surface area contributed by atoms with Crippen LogP contribution >= 0.6 is 11.6 Å². The zero-order valence-electron chi connectivity index (χ0n) is 18.9. The quantitative estimate of drug-likeness (QED) is 0.295. The molecule has 0 radical (unpaired) electrons. The lowest BCUT2D eigenvalue weighted by Crippen LogP contribution is -2.28. The van der Waals surface area contributed by atoms with Gasteiger partial charge in [-0.25, -0.2) is 4.98 Å². The third-order valence-electron chi connectivity index (χ3n) is 5.54. The summed E-state index contributed by atoms with van der Waals surface area (Å²) >= 11 is 6.04. The number of para-hydroxylation sites is 2. The topological polar surface area (TPSA) is 56.1 Å². The molecule has 0 saturated carbocycles. The maximum absolute atomic E-state index is 12.7. The number of amides is 1. The predicted molar refractivity (Wildman–Crippen MR) is 133 cm³/mol. The lowest BCUT2D eigenvalue weighted by molar-refractivity contribution is 0.0937. The maximum Gasteiger partial charge on any atom is 0.251 e. The Morgan fingerprint density at radius 2 is 1.88 bits per heavy atom. The minimum atomic E-state index is -0.257. The van der Waals surface area contributed by atoms with Gasteiger partial charge in [-0.1, -0.05) is 41.9 Å². The molecule has 4 aromatic rings. The highest BCUT2D eigenvalue weighted by Crippen LogP contribution is 2.22. The van der Waals surface area contributed by atoms with Crippen LogP contribution in [0.1, 0.15) is 47.6 Å². The summed E-state index contributed by atoms with van der Waals surface area (Å²) in [5.41, 5.74) is 3.71. The minimum Gasteiger partial charge on any atom is -0.494 e. The average Bonchev–Trinajstić information content (AvgIpc) is 3.18. The molecule has 1 atom stereocenters. The number of nitrogens with one attached hydrogen (secondary N) is 1. The smallest absolute Gasteiger partial charge is 0.251 e. The lowest BCUT2D eigenvalue weighted by Gasteiger charge is -2.17. The molecule has 33 heavy (non-hydrogen) atoms. The van der Waals surface area contributed by atoms with Crippen molar-refractivity contribution < 1.29 is 9.53 Å². The van der Waals surface area contributed by atoms with E-state index in [1.807, 2.05) is 43.3 Å². The molecule has 1 N–H and O–H groups in total. The Bertz CT molecular complexity index is 1250. The Hall–Kier alpha value is -3.31. The summed E-state index contributed by atoms with van der Waals surface area (Å²) in [6, 6.07) is 22.9. The van der Waals surface area contributed by atoms with E-state index in [9.17, 15) is 4.79 Å². The second-order valence-corrected chi connectivity index (χ2v) is 8.62. The van der Waals surface area contributed by atoms with E-state index in [0.29, 0.717) is 17.2 Å². The monoisotopic (exact) mass is 461 g/mol. The van der Waals surface area contributed by atoms with Crippen LogP contribution in [-0.4, -0.2) is 22.1 Å². The van der Waals surface area contributed by atoms with Crippen molar-refractivity contribution in [1.29, 1.82) is 0 Å². The van der Waals surface area contributed by atoms with Gasteiger partial charge in [-0.3, -0.25) is 4.79 Å². The van der Waals surface area contributed by atoms with Crippen molar-refractivity contribution in [3.8, 4) is 5.75 Å². The van der Waals surface area contributed by atoms with Gasteiger partial charge < -0.3 is 14.6 Å². The number of aryl methyl sites for hydroxylation is 2. The normalized spacial score (nSPS) is 12.0. The van der Waals surface area contributed by atoms with Crippen molar-refractivity contribution >= 4 is 28.5 Å². The van der Waals surface area contributed by atoms with Crippen molar-refractivity contribution in [2.75, 3.05) is 6.61 Å². The van der Waals surface area contributed by atoms with E-state index < -0.39 is 0 Å². The van der Waals surface area contributed by atoms with Crippen LogP contribution in [0.4, 0.5) is 0 Å². The zero-order valence-corrected chi connectivity index (χ0v) is 19.7. The molecule has 1 heterocycles. The number of nitrogens with zero attached hydrogens (tertiary/aromatic N) is 2. The number of carbonyl (C=O) groups excluding carboxylic acids is 1. The third-order valence-corrected chi connectivity index (χ3v) is 5.78. The van der Waals surface area contributed by atoms with Gasteiger partial charge in [0.25, 0.3) is 5.91 Å². The van der Waals surface area contributed by atoms with E-state index in [-0.39, 0.29) is 11.9 Å². The maximum atomic E-state index is 12.7. The van der Waals surface area contributed by atoms with Crippen molar-refractivity contribution in [1.82, 2.24) is 14.9 Å². The Labute approximate surface area is 199 Å². The Morgan fingerprint density at radius 1 is 1.06 bits per heavy atom. The Balaban J connectivity index is 1.43. The molecule has 4 rings (SSSR count). The molecular formula is C27H28ClN3O2. The van der Waals surface area contributed by atoms with Gasteiger partial charge in [0.1, 0.15) is 11.6 Å². The summed E-state index contributed by atoms with van der Waals surface area (Å²) in [6.45, 7) is 5.47. The zero-order chi connectivity index (χ0) is 23.2. The van der Waals surface area contributed by atoms with Crippen LogP contribution < -0.4 is 10.1 Å². The summed E-state index contributed by atoms with van der Waals surface area (Å²) in [5, 5.41) is 3.60. The molecule has 0 saturated heterocycles. The molecule has 6 heteroatoms. The molecule has 0 aliphatic carbocycles. The molecule has 0 bridgehead atoms. The molecule has 0 aliphatic heterocycles. The largest absolute Gasteiger partial charge is 0.494 e. The molecule has 5 nitrogen and oxygen atoms in total. The summed E-state index contributed by atoms with van der Waals surface area (Å²) in [4.78, 5) is 17.6. The molecule has 0 aliphatic rings. The molecule has 1 aromatic heterocycles. The van der Waals surface area contributed by atoms with Gasteiger partial charge >= 0.3 is 0 Å². The predicted octanol–water partition coefficient (Wildman–Crippen LogP) is 6.35. The summed E-state index contributed by atoms with van der Waals surface area (Å²) in [7, 11) is 0. The number of aromatic nitrogens is 2. The van der Waals surface area contributed by atoms with Crippen LogP contribution in [0.5, 0.6) is 5.75 Å². The number of fused-ring (bicyclic) bond motifs is 1. The molecular weight excluding hydrogens is 434 g/mol. The SMILES string of the molecule is Cc1cccc(OCCCCn2c(C(C)NC(=O)c3cccc(Cl)c3)nc3ccccc32)c1. The molecule has 3 aromatic carbocycles. The van der Waals surface area contributed by atoms with Gasteiger partial charge in [0.2, 0.25) is 0 Å². The number of benzene rings is 3. The number of hydrogen-bond acceptors (Lipinski definition) is 3. The van der Waals surface area contributed by atoms with Gasteiger partial charge in [-0.2, -0.15) is 0 Å². The van der Waals surface area contributed by atoms with Crippen LogP contribution in [0.2, 0.25) is 5.02 Å². The lowest BCUT2D eigenvalue weighted by atomic mass is 10.2. The van der Waals surface area contributed by atoms with E-state index in [2.05, 4.69) is 28.9 Å². The van der Waals surface area contributed by atoms with Gasteiger partial charge in [0, 0.05) is 17.1 Å². The molecule has 170 valence electrons. The van der Waals surface area contributed by atoms with E-state index in [0.717, 1.165) is 42.0 Å². The number of imidazole rings is 1. The van der Waals surface area contributed by atoms with Crippen LogP contribution in [0.25, 0.3) is 11.0 Å². The first-order valence-electron chi connectivity index (χ1n) is 11.2. The van der Waals surface area contributed by atoms with Crippen molar-refractivity contribution in [3.63, 3.8) is 0 Å². The van der Waals surface area contributed by atoms with Gasteiger partial charge in [0.05, 0.1) is 23.7 Å². The standard InChI is InChI=1S/C27H28ClN3O2/c1-19-9-7-12-23(17-19)33-16-6-5-15-31-25-14-4-3-13-24(25)30-26(31)20(2)29-27(32)21-10-8-11-22(28)18-21/h3-4,7-14,17-18,20H,5-6,15-16H2,1-2H3,(H,29,32). The fourth-order valence-electron chi connectivity index (χ4n) is 3.90. The average molecular weight is 462 g/mol. The summed E-state index contributed by atoms with van der Waals surface area (Å²) in [5.74, 6) is 1.57. The van der Waals surface area contributed by atoms with Gasteiger partial charge in [0.15, 0.2) is 0 Å². The first kappa shape index (κ1) is 22.9. The fraction of sp³-hybridized carbons (Fsp3) is 0.259. The number of rotatable bonds is 9. The summed E-state index contributed by atoms with van der Waals surface area (Å²) < 4.78 is 8.09. The van der Waals surface area contributed by atoms with Crippen molar-refractivity contribution in [2.24, 2.45) is 0 Å². The molecule has 0 fully saturated rings. The highest BCUT2D eigenvalue weighted by molar-refractivity contribution is 6.30. The first-order chi connectivity index (χ1) is 16.0. The number of halogens is 1. The van der Waals surface area contributed by atoms with E-state index >= 15 is 0 Å². The van der Waals surface area contributed by atoms with Crippen molar-refractivity contribution in [3.05, 3.63) is 94.8 Å². The highest BCUT2D eigenvalue weighted by Gasteiger charge is 2.19. The Kier molecular flexibility index (Phi) is 7.30. The second-order valence-electron chi connectivity index (χ2n) is 8.19. The van der Waals surface area contributed by atoms with Gasteiger partial charge in [-0.15, -0.1) is 0 Å². The van der Waals surface area contributed by atoms with Crippen LogP contribution in [0.15, 0.2) is 72.8 Å². The number of ether oxygens (including phenoxy) is 1. The Morgan fingerprint density at radius 3 is 2.70 bits per heavy atom. The molecule has 0 spiro atoms. The van der Waals surface area contributed by atoms with Crippen LogP contribution in [-0.2, 0) is 6.54 Å². The second kappa shape index (κ2) is 10.5. The first-order valence-corrected chi connectivity index (χ1v) is 11.6. The fourth-order valence-corrected chi connectivity index (χ4v) is 4.09. The van der Waals surface area contributed by atoms with Crippen LogP contribution in [0.3, 0.4) is 0 Å². The number of unbranched alkanes of at least 4 members (excludes halogenated alkanes) is 1. The van der Waals surface area contributed by atoms with Crippen molar-refractivity contribution in [2.45, 2.75) is 39.3 Å². The highest BCUT2D eigenvalue weighted by atomic mass is 35.5. The number of carbonyl (C=O) groups is 1. The van der Waals surface area contributed by atoms with E-state index in [1.165, 1.54) is 5.56 Å². The molecule has 1 amide bonds. The van der Waals surface area contributed by atoms with Crippen LogP contribution in [0, 0.1) is 6.92 Å².